The predicted octanol–water partition coefficient (Wildman–Crippen LogP) is 2.58. The smallest absolute Gasteiger partial charge is 0.251 e. The van der Waals surface area contributed by atoms with Gasteiger partial charge < -0.3 is 25.4 Å². The zero-order valence-corrected chi connectivity index (χ0v) is 18.1. The fourth-order valence-corrected chi connectivity index (χ4v) is 3.79. The molecule has 162 valence electrons. The van der Waals surface area contributed by atoms with E-state index >= 15 is 0 Å². The van der Waals surface area contributed by atoms with Gasteiger partial charge in [0, 0.05) is 45.5 Å². The summed E-state index contributed by atoms with van der Waals surface area (Å²) in [4.78, 5) is 16.5. The molecule has 1 amide bonds. The summed E-state index contributed by atoms with van der Waals surface area (Å²) in [5.74, 6) is 1.32. The lowest BCUT2D eigenvalue weighted by atomic mass is 9.83. The molecule has 1 aromatic carbocycles. The molecular weight excluding hydrogens is 368 g/mol. The molecule has 0 spiro atoms. The molecule has 3 N–H and O–H groups in total. The zero-order valence-electron chi connectivity index (χ0n) is 18.1. The number of benzene rings is 1. The maximum Gasteiger partial charge on any atom is 0.251 e. The SMILES string of the molecule is CCOCCC1(CNC(=NC)NCCNC(=O)c2cccc(OC)c2)CCCC1. The number of carbonyl (C=O) groups is 1. The van der Waals surface area contributed by atoms with Gasteiger partial charge in [-0.3, -0.25) is 9.79 Å². The quantitative estimate of drug-likeness (QED) is 0.300. The number of rotatable bonds is 11. The third-order valence-corrected chi connectivity index (χ3v) is 5.53. The van der Waals surface area contributed by atoms with Gasteiger partial charge in [-0.05, 0) is 49.8 Å². The van der Waals surface area contributed by atoms with E-state index in [1.54, 1.807) is 26.3 Å². The highest BCUT2D eigenvalue weighted by molar-refractivity contribution is 5.94. The highest BCUT2D eigenvalue weighted by atomic mass is 16.5. The Bertz CT molecular complexity index is 657. The molecule has 0 atom stereocenters. The van der Waals surface area contributed by atoms with E-state index < -0.39 is 0 Å². The highest BCUT2D eigenvalue weighted by Gasteiger charge is 2.33. The van der Waals surface area contributed by atoms with Crippen molar-refractivity contribution in [2.24, 2.45) is 10.4 Å². The summed E-state index contributed by atoms with van der Waals surface area (Å²) < 4.78 is 10.7. The van der Waals surface area contributed by atoms with Crippen LogP contribution in [0.4, 0.5) is 0 Å². The minimum absolute atomic E-state index is 0.116. The topological polar surface area (TPSA) is 84.0 Å². The summed E-state index contributed by atoms with van der Waals surface area (Å²) in [6.07, 6.45) is 6.13. The summed E-state index contributed by atoms with van der Waals surface area (Å²) in [7, 11) is 3.36. The molecule has 1 aromatic rings. The number of hydrogen-bond donors (Lipinski definition) is 3. The van der Waals surface area contributed by atoms with E-state index in [0.29, 0.717) is 29.8 Å². The third-order valence-electron chi connectivity index (χ3n) is 5.53. The Labute approximate surface area is 174 Å². The second-order valence-corrected chi connectivity index (χ2v) is 7.49. The molecule has 0 radical (unpaired) electrons. The summed E-state index contributed by atoms with van der Waals surface area (Å²) in [6, 6.07) is 7.13. The van der Waals surface area contributed by atoms with Gasteiger partial charge in [-0.1, -0.05) is 18.9 Å². The first-order valence-corrected chi connectivity index (χ1v) is 10.6. The number of nitrogens with one attached hydrogen (secondary N) is 3. The molecule has 1 fully saturated rings. The van der Waals surface area contributed by atoms with Crippen molar-refractivity contribution in [2.45, 2.75) is 39.0 Å². The number of methoxy groups -OCH3 is 1. The zero-order chi connectivity index (χ0) is 21.0. The van der Waals surface area contributed by atoms with E-state index in [-0.39, 0.29) is 5.91 Å². The Morgan fingerprint density at radius 1 is 1.17 bits per heavy atom. The molecule has 7 heteroatoms. The molecule has 7 nitrogen and oxygen atoms in total. The van der Waals surface area contributed by atoms with Crippen LogP contribution in [-0.2, 0) is 4.74 Å². The maximum absolute atomic E-state index is 12.2. The molecule has 1 aliphatic carbocycles. The molecule has 29 heavy (non-hydrogen) atoms. The third kappa shape index (κ3) is 7.57. The van der Waals surface area contributed by atoms with Crippen molar-refractivity contribution in [3.05, 3.63) is 29.8 Å². The predicted molar refractivity (Wildman–Crippen MR) is 117 cm³/mol. The van der Waals surface area contributed by atoms with Crippen molar-refractivity contribution in [2.75, 3.05) is 47.0 Å². The van der Waals surface area contributed by atoms with E-state index in [2.05, 4.69) is 20.9 Å². The number of amides is 1. The van der Waals surface area contributed by atoms with Crippen LogP contribution in [0, 0.1) is 5.41 Å². The van der Waals surface area contributed by atoms with E-state index in [9.17, 15) is 4.79 Å². The van der Waals surface area contributed by atoms with E-state index in [4.69, 9.17) is 9.47 Å². The molecule has 1 aliphatic rings. The fourth-order valence-electron chi connectivity index (χ4n) is 3.79. The molecule has 2 rings (SSSR count). The maximum atomic E-state index is 12.2. The van der Waals surface area contributed by atoms with Crippen LogP contribution < -0.4 is 20.7 Å². The molecule has 0 unspecified atom stereocenters. The molecule has 0 heterocycles. The van der Waals surface area contributed by atoms with Gasteiger partial charge in [0.15, 0.2) is 5.96 Å². The van der Waals surface area contributed by atoms with E-state index in [0.717, 1.165) is 32.1 Å². The van der Waals surface area contributed by atoms with Gasteiger partial charge in [-0.15, -0.1) is 0 Å². The Morgan fingerprint density at radius 3 is 2.62 bits per heavy atom. The van der Waals surface area contributed by atoms with Gasteiger partial charge in [0.05, 0.1) is 7.11 Å². The Balaban J connectivity index is 1.72. The minimum atomic E-state index is -0.116. The largest absolute Gasteiger partial charge is 0.497 e. The summed E-state index contributed by atoms with van der Waals surface area (Å²) in [5, 5.41) is 9.66. The Hall–Kier alpha value is -2.28. The van der Waals surface area contributed by atoms with Crippen molar-refractivity contribution in [3.8, 4) is 5.75 Å². The minimum Gasteiger partial charge on any atom is -0.497 e. The average Bonchev–Trinajstić information content (AvgIpc) is 3.22. The van der Waals surface area contributed by atoms with Gasteiger partial charge >= 0.3 is 0 Å². The van der Waals surface area contributed by atoms with Crippen molar-refractivity contribution >= 4 is 11.9 Å². The number of carbonyl (C=O) groups excluding carboxylic acids is 1. The summed E-state index contributed by atoms with van der Waals surface area (Å²) in [6.45, 7) is 5.64. The van der Waals surface area contributed by atoms with Gasteiger partial charge in [0.25, 0.3) is 5.91 Å². The van der Waals surface area contributed by atoms with Gasteiger partial charge in [0.2, 0.25) is 0 Å². The molecular formula is C22H36N4O3. The monoisotopic (exact) mass is 404 g/mol. The Morgan fingerprint density at radius 2 is 1.93 bits per heavy atom. The second-order valence-electron chi connectivity index (χ2n) is 7.49. The number of nitrogens with zero attached hydrogens (tertiary/aromatic N) is 1. The number of ether oxygens (including phenoxy) is 2. The number of aliphatic imine (C=N–C) groups is 1. The van der Waals surface area contributed by atoms with Crippen LogP contribution in [0.2, 0.25) is 0 Å². The van der Waals surface area contributed by atoms with Crippen molar-refractivity contribution in [1.29, 1.82) is 0 Å². The first-order valence-electron chi connectivity index (χ1n) is 10.6. The molecule has 0 bridgehead atoms. The lowest BCUT2D eigenvalue weighted by molar-refractivity contribution is 0.0954. The average molecular weight is 405 g/mol. The van der Waals surface area contributed by atoms with Gasteiger partial charge in [-0.2, -0.15) is 0 Å². The van der Waals surface area contributed by atoms with Crippen molar-refractivity contribution in [1.82, 2.24) is 16.0 Å². The summed E-state index contributed by atoms with van der Waals surface area (Å²) >= 11 is 0. The van der Waals surface area contributed by atoms with Crippen molar-refractivity contribution in [3.63, 3.8) is 0 Å². The fraction of sp³-hybridized carbons (Fsp3) is 0.636. The lowest BCUT2D eigenvalue weighted by Crippen LogP contribution is -2.45. The van der Waals surface area contributed by atoms with Crippen LogP contribution >= 0.6 is 0 Å². The molecule has 0 aliphatic heterocycles. The standard InChI is InChI=1S/C22H36N4O3/c1-4-29-15-12-22(10-5-6-11-22)17-26-21(23-2)25-14-13-24-20(27)18-8-7-9-19(16-18)28-3/h7-9,16H,4-6,10-15,17H2,1-3H3,(H,24,27)(H2,23,25,26). The van der Waals surface area contributed by atoms with Crippen LogP contribution in [0.15, 0.2) is 29.3 Å². The van der Waals surface area contributed by atoms with Crippen LogP contribution in [-0.4, -0.2) is 58.9 Å². The molecule has 0 saturated heterocycles. The first-order chi connectivity index (χ1) is 14.1. The molecule has 0 aromatic heterocycles. The Kier molecular flexibility index (Phi) is 9.77. The van der Waals surface area contributed by atoms with E-state index in [1.807, 2.05) is 19.1 Å². The van der Waals surface area contributed by atoms with Crippen LogP contribution in [0.25, 0.3) is 0 Å². The van der Waals surface area contributed by atoms with Crippen LogP contribution in [0.3, 0.4) is 0 Å². The van der Waals surface area contributed by atoms with E-state index in [1.165, 1.54) is 25.7 Å². The number of guanidine groups is 1. The van der Waals surface area contributed by atoms with Crippen molar-refractivity contribution < 1.29 is 14.3 Å². The van der Waals surface area contributed by atoms with Gasteiger partial charge in [0.1, 0.15) is 5.75 Å². The van der Waals surface area contributed by atoms with Crippen LogP contribution in [0.5, 0.6) is 5.75 Å². The molecule has 1 saturated carbocycles. The normalized spacial score (nSPS) is 15.8. The number of hydrogen-bond acceptors (Lipinski definition) is 4. The highest BCUT2D eigenvalue weighted by Crippen LogP contribution is 2.40. The van der Waals surface area contributed by atoms with Crippen LogP contribution in [0.1, 0.15) is 49.4 Å². The van der Waals surface area contributed by atoms with Gasteiger partial charge in [-0.25, -0.2) is 0 Å². The summed E-state index contributed by atoms with van der Waals surface area (Å²) in [5.41, 5.74) is 0.886. The lowest BCUT2D eigenvalue weighted by Gasteiger charge is -2.30. The first kappa shape index (κ1) is 23.0. The second kappa shape index (κ2) is 12.3.